The molecular weight excluding hydrogens is 416 g/mol. The van der Waals surface area contributed by atoms with Crippen molar-refractivity contribution in [3.63, 3.8) is 0 Å². The van der Waals surface area contributed by atoms with Crippen LogP contribution in [0.5, 0.6) is 0 Å². The van der Waals surface area contributed by atoms with Crippen molar-refractivity contribution in [2.24, 2.45) is 0 Å². The van der Waals surface area contributed by atoms with Crippen LogP contribution >= 0.6 is 22.9 Å². The number of nitrogens with one attached hydrogen (secondary N) is 1. The molecule has 6 heteroatoms. The van der Waals surface area contributed by atoms with Crippen LogP contribution in [-0.2, 0) is 27.8 Å². The zero-order chi connectivity index (χ0) is 20.8. The maximum Gasteiger partial charge on any atom is 0.226 e. The first-order valence-electron chi connectivity index (χ1n) is 10.2. The van der Waals surface area contributed by atoms with E-state index in [-0.39, 0.29) is 11.3 Å². The van der Waals surface area contributed by atoms with Crippen molar-refractivity contribution in [1.82, 2.24) is 10.3 Å². The third kappa shape index (κ3) is 5.28. The molecule has 0 unspecified atom stereocenters. The molecule has 0 bridgehead atoms. The first kappa shape index (κ1) is 21.0. The van der Waals surface area contributed by atoms with Crippen molar-refractivity contribution < 1.29 is 9.53 Å². The van der Waals surface area contributed by atoms with Crippen molar-refractivity contribution >= 4 is 28.8 Å². The molecule has 0 atom stereocenters. The van der Waals surface area contributed by atoms with E-state index in [1.807, 2.05) is 41.8 Å². The average Bonchev–Trinajstić information content (AvgIpc) is 3.20. The van der Waals surface area contributed by atoms with Crippen LogP contribution in [0.3, 0.4) is 0 Å². The Morgan fingerprint density at radius 2 is 1.93 bits per heavy atom. The fraction of sp³-hybridized carbons (Fsp3) is 0.333. The zero-order valence-electron chi connectivity index (χ0n) is 16.8. The summed E-state index contributed by atoms with van der Waals surface area (Å²) in [6.07, 6.45) is 2.83. The number of rotatable bonds is 7. The van der Waals surface area contributed by atoms with Gasteiger partial charge in [-0.25, -0.2) is 4.98 Å². The van der Waals surface area contributed by atoms with E-state index in [0.29, 0.717) is 26.2 Å². The molecule has 3 aromatic rings. The Morgan fingerprint density at radius 1 is 1.13 bits per heavy atom. The van der Waals surface area contributed by atoms with Crippen LogP contribution in [0.15, 0.2) is 60.0 Å². The molecule has 1 N–H and O–H groups in total. The van der Waals surface area contributed by atoms with Gasteiger partial charge in [0.25, 0.3) is 0 Å². The van der Waals surface area contributed by atoms with Gasteiger partial charge in [-0.15, -0.1) is 11.3 Å². The summed E-state index contributed by atoms with van der Waals surface area (Å²) >= 11 is 7.84. The molecule has 4 nitrogen and oxygen atoms in total. The first-order chi connectivity index (χ1) is 14.6. The second-order valence-electron chi connectivity index (χ2n) is 7.75. The number of carbonyl (C=O) groups is 1. The summed E-state index contributed by atoms with van der Waals surface area (Å²) in [5.74, 6) is -0.000504. The third-order valence-electron chi connectivity index (χ3n) is 5.65. The molecule has 1 amide bonds. The number of amides is 1. The molecule has 1 aliphatic heterocycles. The third-order valence-corrected chi connectivity index (χ3v) is 6.78. The van der Waals surface area contributed by atoms with Crippen LogP contribution in [0.2, 0.25) is 5.02 Å². The number of hydrogen-bond donors (Lipinski definition) is 1. The van der Waals surface area contributed by atoms with E-state index in [9.17, 15) is 4.79 Å². The Morgan fingerprint density at radius 3 is 2.70 bits per heavy atom. The van der Waals surface area contributed by atoms with Crippen molar-refractivity contribution in [1.29, 1.82) is 0 Å². The van der Waals surface area contributed by atoms with Gasteiger partial charge in [-0.3, -0.25) is 4.79 Å². The van der Waals surface area contributed by atoms with Crippen molar-refractivity contribution in [3.8, 4) is 0 Å². The van der Waals surface area contributed by atoms with Gasteiger partial charge in [-0.1, -0.05) is 54.1 Å². The van der Waals surface area contributed by atoms with Gasteiger partial charge in [0.05, 0.1) is 17.1 Å². The van der Waals surface area contributed by atoms with E-state index in [0.717, 1.165) is 40.6 Å². The lowest BCUT2D eigenvalue weighted by Crippen LogP contribution is -2.45. The smallest absolute Gasteiger partial charge is 0.226 e. The molecule has 1 aliphatic rings. The van der Waals surface area contributed by atoms with Gasteiger partial charge in [0, 0.05) is 42.0 Å². The summed E-state index contributed by atoms with van der Waals surface area (Å²) in [6.45, 7) is 1.96. The van der Waals surface area contributed by atoms with Gasteiger partial charge in [0.15, 0.2) is 0 Å². The number of thiazole rings is 1. The van der Waals surface area contributed by atoms with Crippen LogP contribution in [0, 0.1) is 0 Å². The summed E-state index contributed by atoms with van der Waals surface area (Å²) in [5.41, 5.74) is 3.08. The zero-order valence-corrected chi connectivity index (χ0v) is 18.3. The maximum atomic E-state index is 12.7. The summed E-state index contributed by atoms with van der Waals surface area (Å²) in [4.78, 5) is 17.3. The second-order valence-corrected chi connectivity index (χ2v) is 9.13. The number of nitrogens with zero attached hydrogens (tertiary/aromatic N) is 1. The normalized spacial score (nSPS) is 15.6. The van der Waals surface area contributed by atoms with E-state index >= 15 is 0 Å². The Balaban J connectivity index is 1.37. The quantitative estimate of drug-likeness (QED) is 0.574. The van der Waals surface area contributed by atoms with E-state index < -0.39 is 0 Å². The summed E-state index contributed by atoms with van der Waals surface area (Å²) < 4.78 is 5.58. The van der Waals surface area contributed by atoms with Gasteiger partial charge in [0.2, 0.25) is 5.91 Å². The van der Waals surface area contributed by atoms with E-state index in [1.165, 1.54) is 5.56 Å². The fourth-order valence-corrected chi connectivity index (χ4v) is 4.94. The van der Waals surface area contributed by atoms with Gasteiger partial charge < -0.3 is 10.1 Å². The highest BCUT2D eigenvalue weighted by atomic mass is 35.5. The van der Waals surface area contributed by atoms with Gasteiger partial charge in [0.1, 0.15) is 0 Å². The standard InChI is InChI=1S/C24H25ClN2O2S/c25-20-8-4-7-19(14-20)24(9-11-29-12-10-24)17-26-22(28)15-21-16-30-23(27-21)13-18-5-2-1-3-6-18/h1-8,14,16H,9-13,15,17H2,(H,26,28). The van der Waals surface area contributed by atoms with Crippen LogP contribution in [0.1, 0.15) is 34.7 Å². The number of carbonyl (C=O) groups excluding carboxylic acids is 1. The molecule has 0 aliphatic carbocycles. The minimum Gasteiger partial charge on any atom is -0.381 e. The Bertz CT molecular complexity index is 984. The number of ether oxygens (including phenoxy) is 1. The number of halogens is 1. The Labute approximate surface area is 186 Å². The fourth-order valence-electron chi connectivity index (χ4n) is 3.92. The molecule has 0 saturated carbocycles. The molecule has 1 aromatic heterocycles. The lowest BCUT2D eigenvalue weighted by molar-refractivity contribution is -0.121. The van der Waals surface area contributed by atoms with Crippen LogP contribution in [0.25, 0.3) is 0 Å². The highest BCUT2D eigenvalue weighted by Crippen LogP contribution is 2.35. The van der Waals surface area contributed by atoms with Crippen molar-refractivity contribution in [2.75, 3.05) is 19.8 Å². The van der Waals surface area contributed by atoms with Crippen LogP contribution < -0.4 is 5.32 Å². The van der Waals surface area contributed by atoms with Gasteiger partial charge in [-0.2, -0.15) is 0 Å². The summed E-state index contributed by atoms with van der Waals surface area (Å²) in [5, 5.41) is 6.88. The molecular formula is C24H25ClN2O2S. The topological polar surface area (TPSA) is 51.2 Å². The predicted octanol–water partition coefficient (Wildman–Crippen LogP) is 4.79. The Hall–Kier alpha value is -2.21. The highest BCUT2D eigenvalue weighted by Gasteiger charge is 2.35. The highest BCUT2D eigenvalue weighted by molar-refractivity contribution is 7.09. The monoisotopic (exact) mass is 440 g/mol. The number of hydrogen-bond acceptors (Lipinski definition) is 4. The van der Waals surface area contributed by atoms with Crippen molar-refractivity contribution in [2.45, 2.75) is 31.1 Å². The second kappa shape index (κ2) is 9.73. The predicted molar refractivity (Wildman–Crippen MR) is 121 cm³/mol. The van der Waals surface area contributed by atoms with Crippen LogP contribution in [0.4, 0.5) is 0 Å². The van der Waals surface area contributed by atoms with E-state index in [4.69, 9.17) is 16.3 Å². The number of benzene rings is 2. The molecule has 1 saturated heterocycles. The molecule has 2 aromatic carbocycles. The first-order valence-corrected chi connectivity index (χ1v) is 11.5. The van der Waals surface area contributed by atoms with Crippen molar-refractivity contribution in [3.05, 3.63) is 86.8 Å². The van der Waals surface area contributed by atoms with E-state index in [1.54, 1.807) is 11.3 Å². The molecule has 156 valence electrons. The lowest BCUT2D eigenvalue weighted by Gasteiger charge is -2.38. The largest absolute Gasteiger partial charge is 0.381 e. The molecule has 30 heavy (non-hydrogen) atoms. The molecule has 0 spiro atoms. The molecule has 0 radical (unpaired) electrons. The lowest BCUT2D eigenvalue weighted by atomic mass is 9.74. The summed E-state index contributed by atoms with van der Waals surface area (Å²) in [6, 6.07) is 18.2. The minimum absolute atomic E-state index is 0.000504. The molecule has 2 heterocycles. The SMILES string of the molecule is O=C(Cc1csc(Cc2ccccc2)n1)NCC1(c2cccc(Cl)c2)CCOCC1. The van der Waals surface area contributed by atoms with E-state index in [2.05, 4.69) is 28.5 Å². The minimum atomic E-state index is -0.140. The van der Waals surface area contributed by atoms with Gasteiger partial charge >= 0.3 is 0 Å². The number of aromatic nitrogens is 1. The summed E-state index contributed by atoms with van der Waals surface area (Å²) in [7, 11) is 0. The van der Waals surface area contributed by atoms with Crippen LogP contribution in [-0.4, -0.2) is 30.6 Å². The Kier molecular flexibility index (Phi) is 6.82. The van der Waals surface area contributed by atoms with Gasteiger partial charge in [-0.05, 0) is 36.1 Å². The average molecular weight is 441 g/mol. The molecule has 4 rings (SSSR count). The maximum absolute atomic E-state index is 12.7. The molecule has 1 fully saturated rings.